The molecule has 0 aliphatic heterocycles. The number of imidazole rings is 2. The molecule has 0 aromatic carbocycles. The Hall–Kier alpha value is -4.42. The molecule has 0 aliphatic rings. The second-order valence-electron chi connectivity index (χ2n) is 6.54. The lowest BCUT2D eigenvalue weighted by atomic mass is 10.3. The fraction of sp³-hybridized carbons (Fsp3) is 0.222. The first-order chi connectivity index (χ1) is 14.7. The van der Waals surface area contributed by atoms with Crippen LogP contribution in [0.25, 0.3) is 0 Å². The van der Waals surface area contributed by atoms with E-state index in [-0.39, 0.29) is 36.1 Å². The summed E-state index contributed by atoms with van der Waals surface area (Å²) in [4.78, 5) is 57.7. The summed E-state index contributed by atoms with van der Waals surface area (Å²) in [6.45, 7) is 0.0442. The van der Waals surface area contributed by atoms with Crippen LogP contribution in [0.2, 0.25) is 0 Å². The highest BCUT2D eigenvalue weighted by Crippen LogP contribution is 2.14. The molecule has 0 unspecified atom stereocenters. The van der Waals surface area contributed by atoms with Crippen molar-refractivity contribution < 1.29 is 24.3 Å². The highest BCUT2D eigenvalue weighted by Gasteiger charge is 2.16. The predicted octanol–water partition coefficient (Wildman–Crippen LogP) is 0.191. The number of H-pyrrole nitrogens is 1. The topological polar surface area (TPSA) is 176 Å². The number of aromatic carboxylic acids is 1. The van der Waals surface area contributed by atoms with Crippen molar-refractivity contribution in [3.8, 4) is 0 Å². The van der Waals surface area contributed by atoms with Crippen molar-refractivity contribution in [1.29, 1.82) is 0 Å². The molecule has 0 bridgehead atoms. The molecule has 0 aliphatic carbocycles. The molecule has 31 heavy (non-hydrogen) atoms. The minimum absolute atomic E-state index is 0.0442. The maximum Gasteiger partial charge on any atom is 0.372 e. The molecule has 3 amide bonds. The Balaban J connectivity index is 1.50. The van der Waals surface area contributed by atoms with Gasteiger partial charge in [0.25, 0.3) is 11.8 Å². The molecule has 0 radical (unpaired) electrons. The quantitative estimate of drug-likeness (QED) is 0.340. The van der Waals surface area contributed by atoms with E-state index < -0.39 is 23.7 Å². The third-order valence-corrected chi connectivity index (χ3v) is 4.18. The molecule has 0 spiro atoms. The lowest BCUT2D eigenvalue weighted by Gasteiger charge is -2.06. The maximum atomic E-state index is 12.4. The van der Waals surface area contributed by atoms with Crippen molar-refractivity contribution in [3.05, 3.63) is 48.2 Å². The Bertz CT molecular complexity index is 1130. The van der Waals surface area contributed by atoms with Gasteiger partial charge in [0.2, 0.25) is 11.7 Å². The number of hydrogen-bond donors (Lipinski definition) is 5. The number of nitrogens with one attached hydrogen (secondary N) is 4. The SMILES string of the molecule is Cn1cc(NC(=O)c2ncc[nH]2)cc1C(=O)NCCC(=O)Nc1cn(C)c(C(=O)O)n1. The van der Waals surface area contributed by atoms with Crippen LogP contribution in [0.15, 0.2) is 30.9 Å². The predicted molar refractivity (Wildman–Crippen MR) is 108 cm³/mol. The van der Waals surface area contributed by atoms with E-state index in [2.05, 4.69) is 30.9 Å². The number of hydrogen-bond acceptors (Lipinski definition) is 6. The highest BCUT2D eigenvalue weighted by atomic mass is 16.4. The molecule has 3 rings (SSSR count). The normalized spacial score (nSPS) is 10.5. The zero-order chi connectivity index (χ0) is 22.5. The average molecular weight is 428 g/mol. The lowest BCUT2D eigenvalue weighted by Crippen LogP contribution is -2.29. The van der Waals surface area contributed by atoms with E-state index in [0.29, 0.717) is 5.69 Å². The van der Waals surface area contributed by atoms with E-state index in [4.69, 9.17) is 5.11 Å². The third-order valence-electron chi connectivity index (χ3n) is 4.18. The summed E-state index contributed by atoms with van der Waals surface area (Å²) in [5.74, 6) is -2.48. The third kappa shape index (κ3) is 5.14. The second kappa shape index (κ2) is 8.94. The fourth-order valence-electron chi connectivity index (χ4n) is 2.75. The zero-order valence-corrected chi connectivity index (χ0v) is 16.7. The van der Waals surface area contributed by atoms with Crippen LogP contribution >= 0.6 is 0 Å². The summed E-state index contributed by atoms with van der Waals surface area (Å²) >= 11 is 0. The summed E-state index contributed by atoms with van der Waals surface area (Å²) in [5.41, 5.74) is 0.696. The minimum atomic E-state index is -1.21. The van der Waals surface area contributed by atoms with Gasteiger partial charge in [-0.15, -0.1) is 0 Å². The molecule has 5 N–H and O–H groups in total. The molecule has 13 heteroatoms. The van der Waals surface area contributed by atoms with Gasteiger partial charge < -0.3 is 35.2 Å². The van der Waals surface area contributed by atoms with Gasteiger partial charge in [0.05, 0.1) is 5.69 Å². The van der Waals surface area contributed by atoms with Gasteiger partial charge in [-0.2, -0.15) is 0 Å². The Morgan fingerprint density at radius 3 is 2.52 bits per heavy atom. The zero-order valence-electron chi connectivity index (χ0n) is 16.7. The number of carboxylic acid groups (broad SMARTS) is 1. The molecule has 3 aromatic rings. The van der Waals surface area contributed by atoms with E-state index in [9.17, 15) is 19.2 Å². The molecular weight excluding hydrogens is 408 g/mol. The molecule has 0 fully saturated rings. The summed E-state index contributed by atoms with van der Waals surface area (Å²) in [7, 11) is 3.14. The monoisotopic (exact) mass is 428 g/mol. The van der Waals surface area contributed by atoms with Crippen LogP contribution < -0.4 is 16.0 Å². The van der Waals surface area contributed by atoms with E-state index >= 15 is 0 Å². The van der Waals surface area contributed by atoms with Crippen LogP contribution in [0.3, 0.4) is 0 Å². The molecule has 162 valence electrons. The summed E-state index contributed by atoms with van der Waals surface area (Å²) in [6.07, 6.45) is 5.88. The summed E-state index contributed by atoms with van der Waals surface area (Å²) in [5, 5.41) is 16.7. The van der Waals surface area contributed by atoms with Crippen molar-refractivity contribution in [2.45, 2.75) is 6.42 Å². The Morgan fingerprint density at radius 2 is 1.87 bits per heavy atom. The van der Waals surface area contributed by atoms with Gasteiger partial charge in [-0.3, -0.25) is 14.4 Å². The van der Waals surface area contributed by atoms with E-state index in [0.717, 1.165) is 0 Å². The fourth-order valence-corrected chi connectivity index (χ4v) is 2.75. The highest BCUT2D eigenvalue weighted by molar-refractivity contribution is 6.02. The molecule has 0 saturated heterocycles. The second-order valence-corrected chi connectivity index (χ2v) is 6.54. The average Bonchev–Trinajstić information content (AvgIpc) is 3.42. The van der Waals surface area contributed by atoms with Crippen LogP contribution in [0, 0.1) is 0 Å². The Labute approximate surface area is 175 Å². The largest absolute Gasteiger partial charge is 0.475 e. The summed E-state index contributed by atoms with van der Waals surface area (Å²) < 4.78 is 2.81. The van der Waals surface area contributed by atoms with Crippen LogP contribution in [0.1, 0.15) is 38.1 Å². The molecule has 0 atom stereocenters. The van der Waals surface area contributed by atoms with E-state index in [1.807, 2.05) is 0 Å². The molecule has 3 heterocycles. The van der Waals surface area contributed by atoms with Crippen molar-refractivity contribution >= 4 is 35.2 Å². The first-order valence-corrected chi connectivity index (χ1v) is 9.06. The number of carbonyl (C=O) groups is 4. The number of carboxylic acids is 1. The van der Waals surface area contributed by atoms with E-state index in [1.54, 1.807) is 13.2 Å². The number of carbonyl (C=O) groups excluding carboxylic acids is 3. The molecule has 0 saturated carbocycles. The van der Waals surface area contributed by atoms with Gasteiger partial charge in [-0.05, 0) is 6.07 Å². The van der Waals surface area contributed by atoms with Crippen LogP contribution in [0.5, 0.6) is 0 Å². The first-order valence-electron chi connectivity index (χ1n) is 9.06. The molecular formula is C18H20N8O5. The van der Waals surface area contributed by atoms with Gasteiger partial charge in [-0.1, -0.05) is 0 Å². The standard InChI is InChI=1S/C18H20N8O5/c1-25-8-10(22-17(29)14-19-5-6-20-14)7-11(25)16(28)21-4-3-13(27)23-12-9-26(2)15(24-12)18(30)31/h5-9H,3-4H2,1-2H3,(H,19,20)(H,21,28)(H,22,29)(H,23,27)(H,30,31). The van der Waals surface area contributed by atoms with E-state index in [1.165, 1.54) is 40.8 Å². The smallest absolute Gasteiger partial charge is 0.372 e. The number of aromatic nitrogens is 5. The van der Waals surface area contributed by atoms with Gasteiger partial charge in [0.15, 0.2) is 11.6 Å². The molecule has 3 aromatic heterocycles. The molecule has 13 nitrogen and oxygen atoms in total. The maximum absolute atomic E-state index is 12.4. The van der Waals surface area contributed by atoms with Crippen molar-refractivity contribution in [2.75, 3.05) is 17.2 Å². The van der Waals surface area contributed by atoms with Gasteiger partial charge in [0.1, 0.15) is 5.69 Å². The number of aromatic amines is 1. The minimum Gasteiger partial charge on any atom is -0.475 e. The van der Waals surface area contributed by atoms with Crippen LogP contribution in [-0.2, 0) is 18.9 Å². The van der Waals surface area contributed by atoms with Crippen molar-refractivity contribution in [1.82, 2.24) is 29.4 Å². The lowest BCUT2D eigenvalue weighted by molar-refractivity contribution is -0.116. The van der Waals surface area contributed by atoms with Gasteiger partial charge >= 0.3 is 5.97 Å². The number of amides is 3. The Kier molecular flexibility index (Phi) is 6.14. The first kappa shape index (κ1) is 21.3. The van der Waals surface area contributed by atoms with Crippen molar-refractivity contribution in [3.63, 3.8) is 0 Å². The van der Waals surface area contributed by atoms with Crippen LogP contribution in [0.4, 0.5) is 11.5 Å². The van der Waals surface area contributed by atoms with Gasteiger partial charge in [-0.25, -0.2) is 14.8 Å². The Morgan fingerprint density at radius 1 is 1.10 bits per heavy atom. The number of nitrogens with zero attached hydrogens (tertiary/aromatic N) is 4. The summed E-state index contributed by atoms with van der Waals surface area (Å²) in [6, 6.07) is 1.50. The number of aryl methyl sites for hydroxylation is 2. The van der Waals surface area contributed by atoms with Crippen molar-refractivity contribution in [2.24, 2.45) is 14.1 Å². The van der Waals surface area contributed by atoms with Crippen LogP contribution in [-0.4, -0.2) is 59.4 Å². The number of rotatable bonds is 8. The number of anilines is 2. The van der Waals surface area contributed by atoms with Gasteiger partial charge in [0, 0.05) is 51.8 Å².